The molecule has 0 fully saturated rings. The van der Waals surface area contributed by atoms with Crippen molar-refractivity contribution in [1.82, 2.24) is 14.1 Å². The van der Waals surface area contributed by atoms with Crippen LogP contribution in [0.1, 0.15) is 33.9 Å². The van der Waals surface area contributed by atoms with E-state index in [0.29, 0.717) is 5.88 Å². The van der Waals surface area contributed by atoms with Crippen molar-refractivity contribution < 1.29 is 0 Å². The van der Waals surface area contributed by atoms with Crippen LogP contribution in [-0.2, 0) is 0 Å². The molecule has 0 saturated carbocycles. The first-order valence-electron chi connectivity index (χ1n) is 10.1. The highest BCUT2D eigenvalue weighted by Gasteiger charge is 2.15. The SMILES string of the molecule is Cc1ccc(C)n1-c1cc(/C(=C\CCl)c2ccccc2)cc(-n2c(C)ccc2C)n1. The first-order valence-corrected chi connectivity index (χ1v) is 10.7. The van der Waals surface area contributed by atoms with Crippen LogP contribution in [0.3, 0.4) is 0 Å². The lowest BCUT2D eigenvalue weighted by Gasteiger charge is -2.17. The Morgan fingerprint density at radius 1 is 0.733 bits per heavy atom. The van der Waals surface area contributed by atoms with E-state index in [-0.39, 0.29) is 0 Å². The molecular weight excluding hydrogens is 390 g/mol. The number of pyridine rings is 1. The number of halogens is 1. The van der Waals surface area contributed by atoms with Gasteiger partial charge in [0.05, 0.1) is 0 Å². The molecule has 0 unspecified atom stereocenters. The molecular formula is C26H26ClN3. The molecule has 4 rings (SSSR count). The maximum Gasteiger partial charge on any atom is 0.140 e. The zero-order chi connectivity index (χ0) is 21.3. The fourth-order valence-corrected chi connectivity index (χ4v) is 4.20. The van der Waals surface area contributed by atoms with E-state index in [1.54, 1.807) is 0 Å². The van der Waals surface area contributed by atoms with Gasteiger partial charge in [-0.2, -0.15) is 0 Å². The van der Waals surface area contributed by atoms with Gasteiger partial charge in [0.15, 0.2) is 0 Å². The van der Waals surface area contributed by atoms with Crippen LogP contribution in [0.2, 0.25) is 0 Å². The highest BCUT2D eigenvalue weighted by molar-refractivity contribution is 6.19. The number of nitrogens with zero attached hydrogens (tertiary/aromatic N) is 3. The van der Waals surface area contributed by atoms with Crippen LogP contribution in [-0.4, -0.2) is 20.0 Å². The van der Waals surface area contributed by atoms with Gasteiger partial charge in [0.25, 0.3) is 0 Å². The van der Waals surface area contributed by atoms with E-state index < -0.39 is 0 Å². The summed E-state index contributed by atoms with van der Waals surface area (Å²) in [5.74, 6) is 2.26. The Labute approximate surface area is 183 Å². The third-order valence-electron chi connectivity index (χ3n) is 5.48. The fourth-order valence-electron chi connectivity index (χ4n) is 4.04. The monoisotopic (exact) mass is 415 g/mol. The summed E-state index contributed by atoms with van der Waals surface area (Å²) in [5, 5.41) is 0. The molecule has 0 atom stereocenters. The topological polar surface area (TPSA) is 22.8 Å². The van der Waals surface area contributed by atoms with Crippen LogP contribution < -0.4 is 0 Å². The van der Waals surface area contributed by atoms with Crippen LogP contribution in [0.5, 0.6) is 0 Å². The van der Waals surface area contributed by atoms with Crippen LogP contribution in [0.25, 0.3) is 17.2 Å². The third-order valence-corrected chi connectivity index (χ3v) is 5.63. The highest BCUT2D eigenvalue weighted by Crippen LogP contribution is 2.29. The number of benzene rings is 1. The Hall–Kier alpha value is -3.04. The lowest BCUT2D eigenvalue weighted by Crippen LogP contribution is -2.09. The number of alkyl halides is 1. The quantitative estimate of drug-likeness (QED) is 0.338. The normalized spacial score (nSPS) is 11.8. The number of aryl methyl sites for hydroxylation is 4. The van der Waals surface area contributed by atoms with Gasteiger partial charge >= 0.3 is 0 Å². The van der Waals surface area contributed by atoms with E-state index in [1.807, 2.05) is 6.07 Å². The predicted molar refractivity (Wildman–Crippen MR) is 126 cm³/mol. The van der Waals surface area contributed by atoms with E-state index in [9.17, 15) is 0 Å². The maximum atomic E-state index is 6.17. The second-order valence-electron chi connectivity index (χ2n) is 7.61. The number of allylic oxidation sites excluding steroid dienone is 1. The Balaban J connectivity index is 2.00. The molecule has 4 heteroatoms. The van der Waals surface area contributed by atoms with Gasteiger partial charge in [0.2, 0.25) is 0 Å². The zero-order valence-corrected chi connectivity index (χ0v) is 18.6. The molecule has 0 N–H and O–H groups in total. The first-order chi connectivity index (χ1) is 14.5. The van der Waals surface area contributed by atoms with Crippen molar-refractivity contribution >= 4 is 17.2 Å². The standard InChI is InChI=1S/C26H26ClN3/c1-18-10-11-19(2)29(18)25-16-23(24(14-15-27)22-8-6-5-7-9-22)17-26(28-25)30-20(3)12-13-21(30)4/h5-14,16-17H,15H2,1-4H3/b24-14-. The molecule has 3 aromatic heterocycles. The molecule has 0 aliphatic heterocycles. The van der Waals surface area contributed by atoms with E-state index in [4.69, 9.17) is 16.6 Å². The maximum absolute atomic E-state index is 6.17. The van der Waals surface area contributed by atoms with Crippen LogP contribution >= 0.6 is 11.6 Å². The molecule has 0 spiro atoms. The van der Waals surface area contributed by atoms with Crippen molar-refractivity contribution in [2.45, 2.75) is 27.7 Å². The van der Waals surface area contributed by atoms with Crippen LogP contribution in [0.4, 0.5) is 0 Å². The smallest absolute Gasteiger partial charge is 0.140 e. The van der Waals surface area contributed by atoms with Crippen molar-refractivity contribution in [2.75, 3.05) is 5.88 Å². The fraction of sp³-hybridized carbons (Fsp3) is 0.192. The summed E-state index contributed by atoms with van der Waals surface area (Å²) >= 11 is 6.17. The summed E-state index contributed by atoms with van der Waals surface area (Å²) in [4.78, 5) is 5.06. The first kappa shape index (κ1) is 20.2. The molecule has 0 amide bonds. The highest BCUT2D eigenvalue weighted by atomic mass is 35.5. The van der Waals surface area contributed by atoms with E-state index in [2.05, 4.69) is 104 Å². The molecule has 4 aromatic rings. The van der Waals surface area contributed by atoms with Gasteiger partial charge in [-0.1, -0.05) is 36.4 Å². The van der Waals surface area contributed by atoms with Gasteiger partial charge in [-0.05, 0) is 80.8 Å². The summed E-state index contributed by atoms with van der Waals surface area (Å²) in [6.07, 6.45) is 2.07. The van der Waals surface area contributed by atoms with Crippen molar-refractivity contribution in [3.63, 3.8) is 0 Å². The third kappa shape index (κ3) is 3.73. The van der Waals surface area contributed by atoms with E-state index >= 15 is 0 Å². The largest absolute Gasteiger partial charge is 0.303 e. The van der Waals surface area contributed by atoms with Gasteiger partial charge in [0, 0.05) is 28.7 Å². The molecule has 0 aliphatic rings. The average Bonchev–Trinajstić information content (AvgIpc) is 3.26. The minimum absolute atomic E-state index is 0.445. The van der Waals surface area contributed by atoms with Crippen molar-refractivity contribution in [3.8, 4) is 11.6 Å². The number of rotatable bonds is 5. The van der Waals surface area contributed by atoms with Gasteiger partial charge in [-0.3, -0.25) is 0 Å². The minimum Gasteiger partial charge on any atom is -0.303 e. The molecule has 3 heterocycles. The van der Waals surface area contributed by atoms with E-state index in [1.165, 1.54) is 0 Å². The van der Waals surface area contributed by atoms with Gasteiger partial charge in [-0.15, -0.1) is 11.6 Å². The Kier molecular flexibility index (Phi) is 5.65. The predicted octanol–water partition coefficient (Wildman–Crippen LogP) is 6.57. The van der Waals surface area contributed by atoms with Gasteiger partial charge in [0.1, 0.15) is 11.6 Å². The molecule has 0 aliphatic carbocycles. The number of hydrogen-bond donors (Lipinski definition) is 0. The van der Waals surface area contributed by atoms with E-state index in [0.717, 1.165) is 51.1 Å². The van der Waals surface area contributed by atoms with Gasteiger partial charge in [-0.25, -0.2) is 4.98 Å². The van der Waals surface area contributed by atoms with Crippen LogP contribution in [0, 0.1) is 27.7 Å². The van der Waals surface area contributed by atoms with Gasteiger partial charge < -0.3 is 9.13 Å². The van der Waals surface area contributed by atoms with Crippen LogP contribution in [0.15, 0.2) is 72.8 Å². The molecule has 30 heavy (non-hydrogen) atoms. The molecule has 152 valence electrons. The zero-order valence-electron chi connectivity index (χ0n) is 17.9. The summed E-state index contributed by atoms with van der Waals surface area (Å²) in [6.45, 7) is 8.44. The van der Waals surface area contributed by atoms with Crippen molar-refractivity contribution in [1.29, 1.82) is 0 Å². The summed E-state index contributed by atoms with van der Waals surface area (Å²) in [5.41, 5.74) is 7.99. The second kappa shape index (κ2) is 8.37. The number of hydrogen-bond acceptors (Lipinski definition) is 1. The molecule has 0 saturated heterocycles. The Bertz CT molecular complexity index is 1110. The minimum atomic E-state index is 0.445. The van der Waals surface area contributed by atoms with Crippen molar-refractivity contribution in [3.05, 3.63) is 107 Å². The summed E-state index contributed by atoms with van der Waals surface area (Å²) < 4.78 is 4.40. The summed E-state index contributed by atoms with van der Waals surface area (Å²) in [6, 6.07) is 23.2. The molecule has 1 aromatic carbocycles. The Morgan fingerprint density at radius 3 is 1.63 bits per heavy atom. The average molecular weight is 416 g/mol. The molecule has 0 bridgehead atoms. The second-order valence-corrected chi connectivity index (χ2v) is 7.92. The lowest BCUT2D eigenvalue weighted by atomic mass is 9.98. The molecule has 3 nitrogen and oxygen atoms in total. The summed E-state index contributed by atoms with van der Waals surface area (Å²) in [7, 11) is 0. The lowest BCUT2D eigenvalue weighted by molar-refractivity contribution is 0.872. The number of aromatic nitrogens is 3. The molecule has 0 radical (unpaired) electrons. The van der Waals surface area contributed by atoms with Crippen molar-refractivity contribution in [2.24, 2.45) is 0 Å². The Morgan fingerprint density at radius 2 is 1.20 bits per heavy atom.